The zero-order valence-electron chi connectivity index (χ0n) is 12.4. The number of hydrogen-bond acceptors (Lipinski definition) is 3. The third-order valence-corrected chi connectivity index (χ3v) is 5.66. The van der Waals surface area contributed by atoms with Crippen LogP contribution < -0.4 is 9.46 Å². The van der Waals surface area contributed by atoms with Gasteiger partial charge in [-0.05, 0) is 43.9 Å². The van der Waals surface area contributed by atoms with Crippen molar-refractivity contribution in [2.45, 2.75) is 50.5 Å². The molecule has 4 nitrogen and oxygen atoms in total. The molecular weight excluding hydrogens is 310 g/mol. The molecule has 1 aromatic rings. The van der Waals surface area contributed by atoms with E-state index in [0.29, 0.717) is 23.3 Å². The predicted molar refractivity (Wildman–Crippen MR) is 84.4 cm³/mol. The van der Waals surface area contributed by atoms with Crippen LogP contribution in [-0.4, -0.2) is 21.1 Å². The van der Waals surface area contributed by atoms with E-state index in [1.54, 1.807) is 12.1 Å². The average molecular weight is 332 g/mol. The molecule has 1 saturated carbocycles. The molecule has 0 amide bonds. The van der Waals surface area contributed by atoms with Gasteiger partial charge in [0.05, 0.1) is 6.61 Å². The Kier molecular flexibility index (Phi) is 5.52. The summed E-state index contributed by atoms with van der Waals surface area (Å²) in [6.45, 7) is 4.32. The number of ether oxygens (including phenoxy) is 1. The highest BCUT2D eigenvalue weighted by Crippen LogP contribution is 2.30. The van der Waals surface area contributed by atoms with Crippen LogP contribution in [0.4, 0.5) is 0 Å². The number of benzene rings is 1. The average Bonchev–Trinajstić information content (AvgIpc) is 2.43. The molecule has 1 aromatic carbocycles. The second-order valence-electron chi connectivity index (χ2n) is 5.51. The maximum absolute atomic E-state index is 12.6. The highest BCUT2D eigenvalue weighted by atomic mass is 35.5. The van der Waals surface area contributed by atoms with Gasteiger partial charge in [-0.3, -0.25) is 0 Å². The lowest BCUT2D eigenvalue weighted by molar-refractivity contribution is 0.308. The van der Waals surface area contributed by atoms with E-state index >= 15 is 0 Å². The minimum Gasteiger partial charge on any atom is -0.492 e. The molecule has 0 aliphatic heterocycles. The molecule has 1 aliphatic rings. The molecule has 0 heterocycles. The first-order valence-corrected chi connectivity index (χ1v) is 9.25. The number of rotatable bonds is 5. The zero-order chi connectivity index (χ0) is 15.5. The minimum absolute atomic E-state index is 0.0165. The Bertz CT molecular complexity index is 589. The SMILES string of the molecule is CCOc1ccc(Cl)cc1S(=O)(=O)N[C@H]1CCCC[C@@H]1C. The van der Waals surface area contributed by atoms with Gasteiger partial charge in [0.25, 0.3) is 0 Å². The Hall–Kier alpha value is -0.780. The molecule has 0 saturated heterocycles. The van der Waals surface area contributed by atoms with E-state index in [-0.39, 0.29) is 10.9 Å². The topological polar surface area (TPSA) is 55.4 Å². The van der Waals surface area contributed by atoms with Crippen molar-refractivity contribution in [1.82, 2.24) is 4.72 Å². The van der Waals surface area contributed by atoms with Gasteiger partial charge in [0.15, 0.2) is 0 Å². The second kappa shape index (κ2) is 6.99. The van der Waals surface area contributed by atoms with Crippen LogP contribution in [-0.2, 0) is 10.0 Å². The highest BCUT2D eigenvalue weighted by molar-refractivity contribution is 7.89. The largest absolute Gasteiger partial charge is 0.492 e. The van der Waals surface area contributed by atoms with Crippen LogP contribution in [0.15, 0.2) is 23.1 Å². The van der Waals surface area contributed by atoms with Gasteiger partial charge in [-0.25, -0.2) is 13.1 Å². The number of hydrogen-bond donors (Lipinski definition) is 1. The van der Waals surface area contributed by atoms with Gasteiger partial charge in [0.1, 0.15) is 10.6 Å². The van der Waals surface area contributed by atoms with E-state index in [4.69, 9.17) is 16.3 Å². The third-order valence-electron chi connectivity index (χ3n) is 3.91. The van der Waals surface area contributed by atoms with E-state index in [1.165, 1.54) is 12.5 Å². The maximum atomic E-state index is 12.6. The van der Waals surface area contributed by atoms with Crippen molar-refractivity contribution in [1.29, 1.82) is 0 Å². The van der Waals surface area contributed by atoms with Gasteiger partial charge in [0, 0.05) is 11.1 Å². The normalized spacial score (nSPS) is 23.0. The summed E-state index contributed by atoms with van der Waals surface area (Å²) in [6.07, 6.45) is 4.16. The lowest BCUT2D eigenvalue weighted by atomic mass is 9.87. The fourth-order valence-electron chi connectivity index (χ4n) is 2.72. The standard InChI is InChI=1S/C15H22ClNO3S/c1-3-20-14-9-8-12(16)10-15(14)21(18,19)17-13-7-5-4-6-11(13)2/h8-11,13,17H,3-7H2,1-2H3/t11-,13-/m0/s1. The van der Waals surface area contributed by atoms with Crippen LogP contribution in [0.5, 0.6) is 5.75 Å². The summed E-state index contributed by atoms with van der Waals surface area (Å²) in [5, 5.41) is 0.385. The minimum atomic E-state index is -3.63. The lowest BCUT2D eigenvalue weighted by Gasteiger charge is -2.29. The highest BCUT2D eigenvalue weighted by Gasteiger charge is 2.28. The maximum Gasteiger partial charge on any atom is 0.244 e. The first-order valence-electron chi connectivity index (χ1n) is 7.38. The van der Waals surface area contributed by atoms with E-state index in [0.717, 1.165) is 19.3 Å². The molecule has 0 unspecified atom stereocenters. The Morgan fingerprint density at radius 1 is 1.33 bits per heavy atom. The number of sulfonamides is 1. The summed E-state index contributed by atoms with van der Waals surface area (Å²) in [5.41, 5.74) is 0. The predicted octanol–water partition coefficient (Wildman–Crippen LogP) is 3.60. The van der Waals surface area contributed by atoms with Crippen molar-refractivity contribution in [3.63, 3.8) is 0 Å². The molecule has 1 aliphatic carbocycles. The lowest BCUT2D eigenvalue weighted by Crippen LogP contribution is -2.41. The number of nitrogens with one attached hydrogen (secondary N) is 1. The quantitative estimate of drug-likeness (QED) is 0.897. The third kappa shape index (κ3) is 4.11. The van der Waals surface area contributed by atoms with E-state index in [9.17, 15) is 8.42 Å². The van der Waals surface area contributed by atoms with Crippen LogP contribution in [0.3, 0.4) is 0 Å². The fourth-order valence-corrected chi connectivity index (χ4v) is 4.51. The molecule has 0 bridgehead atoms. The van der Waals surface area contributed by atoms with Crippen LogP contribution in [0.1, 0.15) is 39.5 Å². The monoisotopic (exact) mass is 331 g/mol. The van der Waals surface area contributed by atoms with Crippen molar-refractivity contribution in [3.8, 4) is 5.75 Å². The van der Waals surface area contributed by atoms with Crippen molar-refractivity contribution in [2.75, 3.05) is 6.61 Å². The molecule has 1 N–H and O–H groups in total. The fraction of sp³-hybridized carbons (Fsp3) is 0.600. The summed E-state index contributed by atoms with van der Waals surface area (Å²) >= 11 is 5.95. The summed E-state index contributed by atoms with van der Waals surface area (Å²) in [6, 6.07) is 4.67. The first-order chi connectivity index (χ1) is 9.94. The van der Waals surface area contributed by atoms with Gasteiger partial charge in [-0.2, -0.15) is 0 Å². The Balaban J connectivity index is 2.28. The van der Waals surface area contributed by atoms with Crippen molar-refractivity contribution < 1.29 is 13.2 Å². The molecule has 0 spiro atoms. The first kappa shape index (κ1) is 16.6. The van der Waals surface area contributed by atoms with E-state index < -0.39 is 10.0 Å². The van der Waals surface area contributed by atoms with Gasteiger partial charge >= 0.3 is 0 Å². The summed E-state index contributed by atoms with van der Waals surface area (Å²) in [5.74, 6) is 0.695. The molecular formula is C15H22ClNO3S. The molecule has 6 heteroatoms. The molecule has 21 heavy (non-hydrogen) atoms. The van der Waals surface area contributed by atoms with Crippen LogP contribution >= 0.6 is 11.6 Å². The molecule has 1 fully saturated rings. The molecule has 0 radical (unpaired) electrons. The number of halogens is 1. The van der Waals surface area contributed by atoms with E-state index in [2.05, 4.69) is 11.6 Å². The smallest absolute Gasteiger partial charge is 0.244 e. The Morgan fingerprint density at radius 3 is 2.71 bits per heavy atom. The van der Waals surface area contributed by atoms with Crippen molar-refractivity contribution in [3.05, 3.63) is 23.2 Å². The van der Waals surface area contributed by atoms with E-state index in [1.807, 2.05) is 6.92 Å². The van der Waals surface area contributed by atoms with Gasteiger partial charge < -0.3 is 4.74 Å². The molecule has 2 atom stereocenters. The molecule has 118 valence electrons. The zero-order valence-corrected chi connectivity index (χ0v) is 14.0. The second-order valence-corrected chi connectivity index (χ2v) is 7.63. The Labute approximate surface area is 131 Å². The van der Waals surface area contributed by atoms with Crippen molar-refractivity contribution >= 4 is 21.6 Å². The van der Waals surface area contributed by atoms with Gasteiger partial charge in [-0.1, -0.05) is 31.4 Å². The van der Waals surface area contributed by atoms with Crippen molar-refractivity contribution in [2.24, 2.45) is 5.92 Å². The Morgan fingerprint density at radius 2 is 2.05 bits per heavy atom. The molecule has 2 rings (SSSR count). The summed E-state index contributed by atoms with van der Waals surface area (Å²) < 4.78 is 33.5. The van der Waals surface area contributed by atoms with Crippen LogP contribution in [0.2, 0.25) is 5.02 Å². The molecule has 0 aromatic heterocycles. The van der Waals surface area contributed by atoms with Gasteiger partial charge in [0.2, 0.25) is 10.0 Å². The summed E-state index contributed by atoms with van der Waals surface area (Å²) in [7, 11) is -3.63. The van der Waals surface area contributed by atoms with Crippen LogP contribution in [0.25, 0.3) is 0 Å². The van der Waals surface area contributed by atoms with Gasteiger partial charge in [-0.15, -0.1) is 0 Å². The summed E-state index contributed by atoms with van der Waals surface area (Å²) in [4.78, 5) is 0.120. The van der Waals surface area contributed by atoms with Crippen LogP contribution in [0, 0.1) is 5.92 Å².